The van der Waals surface area contributed by atoms with Crippen LogP contribution >= 0.6 is 0 Å². The fraction of sp³-hybridized carbons (Fsp3) is 0.857. The summed E-state index contributed by atoms with van der Waals surface area (Å²) in [6.07, 6.45) is 2.91. The Labute approximate surface area is 110 Å². The Morgan fingerprint density at radius 2 is 2.06 bits per heavy atom. The van der Waals surface area contributed by atoms with E-state index in [1.165, 1.54) is 0 Å². The van der Waals surface area contributed by atoms with Crippen LogP contribution in [0.15, 0.2) is 0 Å². The molecule has 1 amide bonds. The van der Waals surface area contributed by atoms with E-state index in [0.29, 0.717) is 19.4 Å². The lowest BCUT2D eigenvalue weighted by atomic mass is 9.99. The van der Waals surface area contributed by atoms with Crippen molar-refractivity contribution in [2.24, 2.45) is 5.41 Å². The third-order valence-electron chi connectivity index (χ3n) is 3.02. The molecule has 0 aromatic rings. The average molecular weight is 255 g/mol. The van der Waals surface area contributed by atoms with Gasteiger partial charge in [0.05, 0.1) is 13.0 Å². The van der Waals surface area contributed by atoms with Gasteiger partial charge in [0.1, 0.15) is 0 Å². The Bertz CT molecular complexity index is 307. The monoisotopic (exact) mass is 255 g/mol. The minimum atomic E-state index is -0.212. The molecule has 1 aliphatic rings. The maximum Gasteiger partial charge on any atom is 0.307 e. The Hall–Kier alpha value is -1.06. The van der Waals surface area contributed by atoms with Crippen molar-refractivity contribution in [3.8, 4) is 0 Å². The first-order chi connectivity index (χ1) is 8.29. The Balaban J connectivity index is 2.36. The van der Waals surface area contributed by atoms with Crippen molar-refractivity contribution in [2.75, 3.05) is 13.2 Å². The molecule has 1 unspecified atom stereocenters. The summed E-state index contributed by atoms with van der Waals surface area (Å²) in [4.78, 5) is 25.2. The third-order valence-corrected chi connectivity index (χ3v) is 3.02. The van der Waals surface area contributed by atoms with E-state index in [4.69, 9.17) is 4.74 Å². The number of likely N-dealkylation sites (tertiary alicyclic amines) is 1. The Morgan fingerprint density at radius 3 is 2.61 bits per heavy atom. The van der Waals surface area contributed by atoms with E-state index >= 15 is 0 Å². The molecule has 18 heavy (non-hydrogen) atoms. The van der Waals surface area contributed by atoms with Gasteiger partial charge in [0.25, 0.3) is 0 Å². The van der Waals surface area contributed by atoms with Gasteiger partial charge in [-0.05, 0) is 25.2 Å². The standard InChI is InChI=1S/C14H25NO3/c1-11(15-8-6-5-7-12(15)16)9-13(17)18-10-14(2,3)4/h11H,5-10H2,1-4H3. The van der Waals surface area contributed by atoms with Crippen LogP contribution in [0.1, 0.15) is 53.4 Å². The van der Waals surface area contributed by atoms with Crippen molar-refractivity contribution < 1.29 is 14.3 Å². The van der Waals surface area contributed by atoms with Gasteiger partial charge in [0, 0.05) is 19.0 Å². The minimum absolute atomic E-state index is 0.0140. The molecule has 0 radical (unpaired) electrons. The molecule has 4 heteroatoms. The Kier molecular flexibility index (Phi) is 5.17. The summed E-state index contributed by atoms with van der Waals surface area (Å²) in [6, 6.07) is -0.0507. The number of nitrogens with zero attached hydrogens (tertiary/aromatic N) is 1. The zero-order valence-electron chi connectivity index (χ0n) is 12.0. The second-order valence-electron chi connectivity index (χ2n) is 6.32. The minimum Gasteiger partial charge on any atom is -0.465 e. The number of rotatable bonds is 4. The van der Waals surface area contributed by atoms with Crippen molar-refractivity contribution in [1.82, 2.24) is 4.90 Å². The topological polar surface area (TPSA) is 46.6 Å². The summed E-state index contributed by atoms with van der Waals surface area (Å²) in [5.74, 6) is -0.0480. The first-order valence-electron chi connectivity index (χ1n) is 6.75. The van der Waals surface area contributed by atoms with Crippen LogP contribution in [0.4, 0.5) is 0 Å². The van der Waals surface area contributed by atoms with E-state index in [2.05, 4.69) is 0 Å². The average Bonchev–Trinajstić information content (AvgIpc) is 2.26. The summed E-state index contributed by atoms with van der Waals surface area (Å²) >= 11 is 0. The van der Waals surface area contributed by atoms with Gasteiger partial charge < -0.3 is 9.64 Å². The van der Waals surface area contributed by atoms with Gasteiger partial charge in [-0.25, -0.2) is 0 Å². The highest BCUT2D eigenvalue weighted by Gasteiger charge is 2.25. The number of ether oxygens (including phenoxy) is 1. The van der Waals surface area contributed by atoms with Crippen molar-refractivity contribution in [3.63, 3.8) is 0 Å². The van der Waals surface area contributed by atoms with Gasteiger partial charge in [-0.3, -0.25) is 9.59 Å². The highest BCUT2D eigenvalue weighted by Crippen LogP contribution is 2.17. The van der Waals surface area contributed by atoms with Crippen molar-refractivity contribution in [1.29, 1.82) is 0 Å². The number of hydrogen-bond donors (Lipinski definition) is 0. The number of carbonyl (C=O) groups excluding carboxylic acids is 2. The van der Waals surface area contributed by atoms with Crippen molar-refractivity contribution >= 4 is 11.9 Å². The molecule has 0 spiro atoms. The van der Waals surface area contributed by atoms with Crippen molar-refractivity contribution in [2.45, 2.75) is 59.4 Å². The van der Waals surface area contributed by atoms with E-state index in [-0.39, 0.29) is 23.3 Å². The van der Waals surface area contributed by atoms with Crippen molar-refractivity contribution in [3.05, 3.63) is 0 Å². The zero-order valence-corrected chi connectivity index (χ0v) is 12.0. The molecular formula is C14H25NO3. The molecule has 1 heterocycles. The molecule has 1 fully saturated rings. The molecule has 0 aliphatic carbocycles. The first-order valence-corrected chi connectivity index (χ1v) is 6.75. The van der Waals surface area contributed by atoms with E-state index in [0.717, 1.165) is 19.4 Å². The molecule has 0 saturated carbocycles. The van der Waals surface area contributed by atoms with Crippen LogP contribution in [0.3, 0.4) is 0 Å². The second kappa shape index (κ2) is 6.21. The van der Waals surface area contributed by atoms with Crippen LogP contribution in [-0.4, -0.2) is 36.0 Å². The SMILES string of the molecule is CC(CC(=O)OCC(C)(C)C)N1CCCCC1=O. The van der Waals surface area contributed by atoms with Gasteiger partial charge in [-0.15, -0.1) is 0 Å². The van der Waals surface area contributed by atoms with Gasteiger partial charge in [0.2, 0.25) is 5.91 Å². The number of amides is 1. The molecule has 1 atom stereocenters. The fourth-order valence-electron chi connectivity index (χ4n) is 2.00. The predicted molar refractivity (Wildman–Crippen MR) is 70.1 cm³/mol. The lowest BCUT2D eigenvalue weighted by Gasteiger charge is -2.32. The van der Waals surface area contributed by atoms with Crippen LogP contribution in [-0.2, 0) is 14.3 Å². The van der Waals surface area contributed by atoms with Gasteiger partial charge >= 0.3 is 5.97 Å². The molecule has 104 valence electrons. The van der Waals surface area contributed by atoms with E-state index in [1.807, 2.05) is 32.6 Å². The smallest absolute Gasteiger partial charge is 0.307 e. The summed E-state index contributed by atoms with van der Waals surface area (Å²) in [5, 5.41) is 0. The molecule has 4 nitrogen and oxygen atoms in total. The quantitative estimate of drug-likeness (QED) is 0.724. The molecule has 0 aromatic heterocycles. The fourth-order valence-corrected chi connectivity index (χ4v) is 2.00. The van der Waals surface area contributed by atoms with Crippen LogP contribution < -0.4 is 0 Å². The molecule has 1 rings (SSSR count). The molecule has 1 saturated heterocycles. The summed E-state index contributed by atoms with van der Waals surface area (Å²) < 4.78 is 5.23. The van der Waals surface area contributed by atoms with Gasteiger partial charge in [-0.2, -0.15) is 0 Å². The van der Waals surface area contributed by atoms with E-state index < -0.39 is 0 Å². The number of hydrogen-bond acceptors (Lipinski definition) is 3. The lowest BCUT2D eigenvalue weighted by molar-refractivity contribution is -0.149. The number of piperidine rings is 1. The molecule has 0 aromatic carbocycles. The number of esters is 1. The zero-order chi connectivity index (χ0) is 13.8. The Morgan fingerprint density at radius 1 is 1.39 bits per heavy atom. The van der Waals surface area contributed by atoms with Crippen LogP contribution in [0.5, 0.6) is 0 Å². The van der Waals surface area contributed by atoms with Crippen LogP contribution in [0.2, 0.25) is 0 Å². The van der Waals surface area contributed by atoms with Crippen LogP contribution in [0, 0.1) is 5.41 Å². The molecule has 1 aliphatic heterocycles. The van der Waals surface area contributed by atoms with E-state index in [9.17, 15) is 9.59 Å². The molecule has 0 bridgehead atoms. The normalized spacial score (nSPS) is 18.7. The summed E-state index contributed by atoms with van der Waals surface area (Å²) in [7, 11) is 0. The largest absolute Gasteiger partial charge is 0.465 e. The van der Waals surface area contributed by atoms with Gasteiger partial charge in [0.15, 0.2) is 0 Å². The molecular weight excluding hydrogens is 230 g/mol. The van der Waals surface area contributed by atoms with E-state index in [1.54, 1.807) is 0 Å². The maximum absolute atomic E-state index is 11.7. The highest BCUT2D eigenvalue weighted by atomic mass is 16.5. The predicted octanol–water partition coefficient (Wildman–Crippen LogP) is 2.37. The van der Waals surface area contributed by atoms with Gasteiger partial charge in [-0.1, -0.05) is 20.8 Å². The van der Waals surface area contributed by atoms with Crippen LogP contribution in [0.25, 0.3) is 0 Å². The third kappa shape index (κ3) is 5.07. The summed E-state index contributed by atoms with van der Waals surface area (Å²) in [5.41, 5.74) is -0.0140. The lowest BCUT2D eigenvalue weighted by Crippen LogP contribution is -2.43. The molecule has 0 N–H and O–H groups in total. The maximum atomic E-state index is 11.7. The second-order valence-corrected chi connectivity index (χ2v) is 6.32. The number of carbonyl (C=O) groups is 2. The highest BCUT2D eigenvalue weighted by molar-refractivity contribution is 5.78. The first kappa shape index (κ1) is 15.0. The summed E-state index contributed by atoms with van der Waals surface area (Å²) in [6.45, 7) is 9.19.